The molecule has 20 heavy (non-hydrogen) atoms. The summed E-state index contributed by atoms with van der Waals surface area (Å²) >= 11 is 0. The zero-order chi connectivity index (χ0) is 14.5. The fourth-order valence-corrected chi connectivity index (χ4v) is 2.36. The lowest BCUT2D eigenvalue weighted by Gasteiger charge is -2.29. The molecule has 1 saturated heterocycles. The molecule has 1 atom stereocenters. The van der Waals surface area contributed by atoms with Gasteiger partial charge in [0.1, 0.15) is 5.71 Å². The predicted octanol–water partition coefficient (Wildman–Crippen LogP) is -0.568. The van der Waals surface area contributed by atoms with Gasteiger partial charge in [-0.25, -0.2) is 5.01 Å². The minimum atomic E-state index is -0.176. The lowest BCUT2D eigenvalue weighted by molar-refractivity contribution is -0.130. The maximum Gasteiger partial charge on any atom is 0.267 e. The van der Waals surface area contributed by atoms with E-state index in [1.165, 1.54) is 5.01 Å². The van der Waals surface area contributed by atoms with Crippen LogP contribution in [0, 0.1) is 0 Å². The van der Waals surface area contributed by atoms with E-state index in [9.17, 15) is 9.59 Å². The van der Waals surface area contributed by atoms with E-state index >= 15 is 0 Å². The number of rotatable bonds is 4. The van der Waals surface area contributed by atoms with Gasteiger partial charge in [-0.15, -0.1) is 0 Å². The lowest BCUT2D eigenvalue weighted by atomic mass is 10.1. The van der Waals surface area contributed by atoms with Crippen molar-refractivity contribution < 1.29 is 14.3 Å². The summed E-state index contributed by atoms with van der Waals surface area (Å²) in [5, 5.41) is 8.20. The van der Waals surface area contributed by atoms with Gasteiger partial charge in [-0.2, -0.15) is 5.10 Å². The number of carbonyl (C=O) groups excluding carboxylic acids is 2. The third-order valence-corrected chi connectivity index (χ3v) is 3.48. The molecular weight excluding hydrogens is 260 g/mol. The van der Waals surface area contributed by atoms with Crippen molar-refractivity contribution in [3.8, 4) is 0 Å². The number of hydrogen-bond acceptors (Lipinski definition) is 5. The van der Waals surface area contributed by atoms with Gasteiger partial charge in [-0.3, -0.25) is 14.5 Å². The van der Waals surface area contributed by atoms with Gasteiger partial charge in [0, 0.05) is 45.6 Å². The summed E-state index contributed by atoms with van der Waals surface area (Å²) < 4.78 is 5.29. The molecule has 2 aliphatic heterocycles. The summed E-state index contributed by atoms with van der Waals surface area (Å²) in [4.78, 5) is 25.7. The first-order valence-corrected chi connectivity index (χ1v) is 7.01. The van der Waals surface area contributed by atoms with Crippen LogP contribution in [0.5, 0.6) is 0 Å². The number of hydrogen-bond donors (Lipinski definition) is 1. The fourth-order valence-electron chi connectivity index (χ4n) is 2.36. The average Bonchev–Trinajstić information content (AvgIpc) is 2.42. The van der Waals surface area contributed by atoms with Crippen LogP contribution in [0.15, 0.2) is 5.10 Å². The predicted molar refractivity (Wildman–Crippen MR) is 74.3 cm³/mol. The molecule has 0 radical (unpaired) electrons. The van der Waals surface area contributed by atoms with Gasteiger partial charge in [0.15, 0.2) is 0 Å². The molecule has 0 aromatic rings. The zero-order valence-corrected chi connectivity index (χ0v) is 12.1. The normalized spacial score (nSPS) is 22.4. The maximum absolute atomic E-state index is 12.1. The number of morpholine rings is 1. The van der Waals surface area contributed by atoms with Crippen molar-refractivity contribution in [1.82, 2.24) is 15.2 Å². The van der Waals surface area contributed by atoms with Crippen LogP contribution in [0.25, 0.3) is 0 Å². The second-order valence-corrected chi connectivity index (χ2v) is 5.25. The SMILES string of the molecule is C[C@H](CN1CCOCC1)NC(=O)C1=NN(C)C(=O)CC1. The maximum atomic E-state index is 12.1. The van der Waals surface area contributed by atoms with Crippen LogP contribution in [-0.2, 0) is 14.3 Å². The van der Waals surface area contributed by atoms with Crippen molar-refractivity contribution >= 4 is 17.5 Å². The quantitative estimate of drug-likeness (QED) is 0.749. The van der Waals surface area contributed by atoms with E-state index in [0.29, 0.717) is 18.6 Å². The molecule has 0 bridgehead atoms. The van der Waals surface area contributed by atoms with Gasteiger partial charge < -0.3 is 10.1 Å². The van der Waals surface area contributed by atoms with Crippen molar-refractivity contribution in [2.75, 3.05) is 39.9 Å². The Bertz CT molecular complexity index is 404. The van der Waals surface area contributed by atoms with Crippen LogP contribution in [0.4, 0.5) is 0 Å². The van der Waals surface area contributed by atoms with Crippen LogP contribution in [0.3, 0.4) is 0 Å². The van der Waals surface area contributed by atoms with Gasteiger partial charge in [0.25, 0.3) is 5.91 Å². The molecule has 0 aromatic heterocycles. The second kappa shape index (κ2) is 6.81. The van der Waals surface area contributed by atoms with Crippen molar-refractivity contribution in [1.29, 1.82) is 0 Å². The highest BCUT2D eigenvalue weighted by Crippen LogP contribution is 2.07. The van der Waals surface area contributed by atoms with Crippen LogP contribution in [-0.4, -0.2) is 73.4 Å². The molecule has 2 rings (SSSR count). The molecule has 0 aliphatic carbocycles. The van der Waals surface area contributed by atoms with Crippen molar-refractivity contribution in [3.63, 3.8) is 0 Å². The molecule has 0 unspecified atom stereocenters. The van der Waals surface area contributed by atoms with Crippen LogP contribution < -0.4 is 5.32 Å². The van der Waals surface area contributed by atoms with Crippen LogP contribution in [0.1, 0.15) is 19.8 Å². The Morgan fingerprint density at radius 1 is 1.40 bits per heavy atom. The summed E-state index contributed by atoms with van der Waals surface area (Å²) in [6.45, 7) is 6.08. The summed E-state index contributed by atoms with van der Waals surface area (Å²) in [6, 6.07) is 0.0474. The lowest BCUT2D eigenvalue weighted by Crippen LogP contribution is -2.48. The first-order chi connectivity index (χ1) is 9.56. The standard InChI is InChI=1S/C13H22N4O3/c1-10(9-17-5-7-20-8-6-17)14-13(19)11-3-4-12(18)16(2)15-11/h10H,3-9H2,1-2H3,(H,14,19)/t10-/m1/s1. The fraction of sp³-hybridized carbons (Fsp3) is 0.769. The number of amides is 2. The van der Waals surface area contributed by atoms with E-state index in [1.54, 1.807) is 7.05 Å². The Morgan fingerprint density at radius 2 is 2.10 bits per heavy atom. The summed E-state index contributed by atoms with van der Waals surface area (Å²) in [5.74, 6) is -0.229. The van der Waals surface area contributed by atoms with Crippen LogP contribution in [0.2, 0.25) is 0 Å². The largest absolute Gasteiger partial charge is 0.379 e. The van der Waals surface area contributed by atoms with Gasteiger partial charge in [-0.05, 0) is 6.92 Å². The number of carbonyl (C=O) groups is 2. The van der Waals surface area contributed by atoms with Gasteiger partial charge in [-0.1, -0.05) is 0 Å². The molecule has 1 fully saturated rings. The molecule has 0 aromatic carbocycles. The summed E-state index contributed by atoms with van der Waals surface area (Å²) in [7, 11) is 1.58. The minimum Gasteiger partial charge on any atom is -0.379 e. The first-order valence-electron chi connectivity index (χ1n) is 7.01. The number of ether oxygens (including phenoxy) is 1. The highest BCUT2D eigenvalue weighted by molar-refractivity contribution is 6.39. The average molecular weight is 282 g/mol. The molecule has 0 spiro atoms. The summed E-state index contributed by atoms with van der Waals surface area (Å²) in [6.07, 6.45) is 0.764. The van der Waals surface area contributed by atoms with Gasteiger partial charge in [0.05, 0.1) is 13.2 Å². The molecule has 2 aliphatic rings. The van der Waals surface area contributed by atoms with E-state index in [-0.39, 0.29) is 17.9 Å². The van der Waals surface area contributed by atoms with Crippen molar-refractivity contribution in [3.05, 3.63) is 0 Å². The van der Waals surface area contributed by atoms with Crippen molar-refractivity contribution in [2.45, 2.75) is 25.8 Å². The van der Waals surface area contributed by atoms with E-state index < -0.39 is 0 Å². The van der Waals surface area contributed by atoms with Gasteiger partial charge >= 0.3 is 0 Å². The van der Waals surface area contributed by atoms with E-state index in [1.807, 2.05) is 6.92 Å². The highest BCUT2D eigenvalue weighted by atomic mass is 16.5. The van der Waals surface area contributed by atoms with Crippen LogP contribution >= 0.6 is 0 Å². The minimum absolute atomic E-state index is 0.0474. The number of hydrazone groups is 1. The van der Waals surface area contributed by atoms with Crippen molar-refractivity contribution in [2.24, 2.45) is 5.10 Å². The molecule has 2 amide bonds. The molecule has 112 valence electrons. The Labute approximate surface area is 118 Å². The van der Waals surface area contributed by atoms with E-state index in [0.717, 1.165) is 32.8 Å². The van der Waals surface area contributed by atoms with E-state index in [2.05, 4.69) is 15.3 Å². The molecular formula is C13H22N4O3. The number of nitrogens with one attached hydrogen (secondary N) is 1. The van der Waals surface area contributed by atoms with Gasteiger partial charge in [0.2, 0.25) is 5.91 Å². The Hall–Kier alpha value is -1.47. The molecule has 0 saturated carbocycles. The number of nitrogens with zero attached hydrogens (tertiary/aromatic N) is 3. The first kappa shape index (κ1) is 14.9. The Morgan fingerprint density at radius 3 is 2.75 bits per heavy atom. The van der Waals surface area contributed by atoms with E-state index in [4.69, 9.17) is 4.74 Å². The summed E-state index contributed by atoms with van der Waals surface area (Å²) in [5.41, 5.74) is 0.431. The molecule has 7 nitrogen and oxygen atoms in total. The monoisotopic (exact) mass is 282 g/mol. The third-order valence-electron chi connectivity index (χ3n) is 3.48. The molecule has 2 heterocycles. The Balaban J connectivity index is 1.81. The molecule has 1 N–H and O–H groups in total. The third kappa shape index (κ3) is 4.01. The zero-order valence-electron chi connectivity index (χ0n) is 12.1. The second-order valence-electron chi connectivity index (χ2n) is 5.25. The topological polar surface area (TPSA) is 74.2 Å². The highest BCUT2D eigenvalue weighted by Gasteiger charge is 2.23. The Kier molecular flexibility index (Phi) is 5.08. The molecule has 7 heteroatoms. The smallest absolute Gasteiger partial charge is 0.267 e.